The van der Waals surface area contributed by atoms with Crippen LogP contribution in [0.2, 0.25) is 0 Å². The first-order chi connectivity index (χ1) is 13.6. The molecule has 2 aromatic rings. The van der Waals surface area contributed by atoms with Crippen molar-refractivity contribution in [2.75, 3.05) is 19.8 Å². The first-order valence-electron chi connectivity index (χ1n) is 9.24. The standard InChI is InChI=1S/C21H25BrN2O4/c1-4-11-28-17-9-7-16(8-10-17)21(25)24-23-14-15-12-18(22)20(27-6-3)19(13-15)26-5-2/h7-10,12-14H,4-6,11H2,1-3H3,(H,24,25)/b23-14+. The minimum absolute atomic E-state index is 0.298. The Hall–Kier alpha value is -2.54. The number of ether oxygens (including phenoxy) is 3. The van der Waals surface area contributed by atoms with E-state index < -0.39 is 0 Å². The summed E-state index contributed by atoms with van der Waals surface area (Å²) in [6.45, 7) is 7.56. The number of rotatable bonds is 10. The van der Waals surface area contributed by atoms with Gasteiger partial charge in [0.05, 0.1) is 30.5 Å². The van der Waals surface area contributed by atoms with Gasteiger partial charge in [0.2, 0.25) is 0 Å². The van der Waals surface area contributed by atoms with E-state index in [2.05, 4.69) is 26.5 Å². The lowest BCUT2D eigenvalue weighted by Crippen LogP contribution is -2.17. The van der Waals surface area contributed by atoms with Crippen molar-refractivity contribution in [2.24, 2.45) is 5.10 Å². The van der Waals surface area contributed by atoms with Crippen molar-refractivity contribution in [1.82, 2.24) is 5.43 Å². The van der Waals surface area contributed by atoms with E-state index >= 15 is 0 Å². The van der Waals surface area contributed by atoms with Crippen molar-refractivity contribution in [1.29, 1.82) is 0 Å². The molecule has 28 heavy (non-hydrogen) atoms. The topological polar surface area (TPSA) is 69.2 Å². The minimum Gasteiger partial charge on any atom is -0.494 e. The molecule has 0 aliphatic heterocycles. The number of carbonyl (C=O) groups excluding carboxylic acids is 1. The third-order valence-corrected chi connectivity index (χ3v) is 4.18. The monoisotopic (exact) mass is 448 g/mol. The minimum atomic E-state index is -0.298. The van der Waals surface area contributed by atoms with Crippen molar-refractivity contribution in [3.05, 3.63) is 52.0 Å². The van der Waals surface area contributed by atoms with Gasteiger partial charge in [-0.15, -0.1) is 0 Å². The van der Waals surface area contributed by atoms with Crippen LogP contribution >= 0.6 is 15.9 Å². The van der Waals surface area contributed by atoms with Gasteiger partial charge in [-0.05, 0) is 78.2 Å². The van der Waals surface area contributed by atoms with E-state index in [9.17, 15) is 4.79 Å². The van der Waals surface area contributed by atoms with E-state index in [1.807, 2.05) is 32.9 Å². The van der Waals surface area contributed by atoms with E-state index in [-0.39, 0.29) is 5.91 Å². The summed E-state index contributed by atoms with van der Waals surface area (Å²) in [6, 6.07) is 10.6. The second kappa shape index (κ2) is 11.3. The molecular weight excluding hydrogens is 424 g/mol. The summed E-state index contributed by atoms with van der Waals surface area (Å²) in [5, 5.41) is 4.03. The number of nitrogens with one attached hydrogen (secondary N) is 1. The Morgan fingerprint density at radius 3 is 2.43 bits per heavy atom. The molecule has 2 aromatic carbocycles. The van der Waals surface area contributed by atoms with Crippen LogP contribution in [-0.2, 0) is 0 Å². The zero-order valence-electron chi connectivity index (χ0n) is 16.3. The fourth-order valence-corrected chi connectivity index (χ4v) is 2.94. The highest BCUT2D eigenvalue weighted by Gasteiger charge is 2.11. The predicted octanol–water partition coefficient (Wildman–Crippen LogP) is 4.80. The van der Waals surface area contributed by atoms with Gasteiger partial charge < -0.3 is 14.2 Å². The van der Waals surface area contributed by atoms with Crippen LogP contribution in [0.5, 0.6) is 17.2 Å². The number of amides is 1. The maximum absolute atomic E-state index is 12.2. The first kappa shape index (κ1) is 21.8. The van der Waals surface area contributed by atoms with Gasteiger partial charge in [0.1, 0.15) is 5.75 Å². The normalized spacial score (nSPS) is 10.7. The molecule has 0 fully saturated rings. The summed E-state index contributed by atoms with van der Waals surface area (Å²) in [5.41, 5.74) is 3.79. The lowest BCUT2D eigenvalue weighted by atomic mass is 10.2. The highest BCUT2D eigenvalue weighted by Crippen LogP contribution is 2.36. The van der Waals surface area contributed by atoms with Gasteiger partial charge in [0, 0.05) is 5.56 Å². The molecule has 7 heteroatoms. The van der Waals surface area contributed by atoms with E-state index in [0.29, 0.717) is 36.9 Å². The average Bonchev–Trinajstić information content (AvgIpc) is 2.69. The van der Waals surface area contributed by atoms with Crippen LogP contribution in [0.1, 0.15) is 43.1 Å². The largest absolute Gasteiger partial charge is 0.494 e. The van der Waals surface area contributed by atoms with Crippen LogP contribution in [0.3, 0.4) is 0 Å². The third kappa shape index (κ3) is 6.27. The van der Waals surface area contributed by atoms with Crippen molar-refractivity contribution < 1.29 is 19.0 Å². The van der Waals surface area contributed by atoms with Gasteiger partial charge >= 0.3 is 0 Å². The third-order valence-electron chi connectivity index (χ3n) is 3.59. The van der Waals surface area contributed by atoms with Gasteiger partial charge in [-0.2, -0.15) is 5.10 Å². The SMILES string of the molecule is CCCOc1ccc(C(=O)N/N=C/c2cc(Br)c(OCC)c(OCC)c2)cc1. The van der Waals surface area contributed by atoms with Crippen LogP contribution in [0, 0.1) is 0 Å². The smallest absolute Gasteiger partial charge is 0.271 e. The maximum atomic E-state index is 12.2. The number of benzene rings is 2. The molecule has 0 aliphatic carbocycles. The number of hydrazone groups is 1. The lowest BCUT2D eigenvalue weighted by Gasteiger charge is -2.13. The van der Waals surface area contributed by atoms with Crippen molar-refractivity contribution in [2.45, 2.75) is 27.2 Å². The van der Waals surface area contributed by atoms with Gasteiger partial charge in [-0.1, -0.05) is 6.92 Å². The zero-order valence-corrected chi connectivity index (χ0v) is 17.9. The Morgan fingerprint density at radius 1 is 1.07 bits per heavy atom. The van der Waals surface area contributed by atoms with Gasteiger partial charge in [-0.25, -0.2) is 5.43 Å². The fraction of sp³-hybridized carbons (Fsp3) is 0.333. The summed E-state index contributed by atoms with van der Waals surface area (Å²) < 4.78 is 17.5. The summed E-state index contributed by atoms with van der Waals surface area (Å²) in [4.78, 5) is 12.2. The highest BCUT2D eigenvalue weighted by molar-refractivity contribution is 9.10. The second-order valence-corrected chi connectivity index (χ2v) is 6.62. The Balaban J connectivity index is 2.04. The van der Waals surface area contributed by atoms with Crippen LogP contribution < -0.4 is 19.6 Å². The summed E-state index contributed by atoms with van der Waals surface area (Å²) in [7, 11) is 0. The average molecular weight is 449 g/mol. The molecule has 0 aliphatic rings. The van der Waals surface area contributed by atoms with E-state index in [0.717, 1.165) is 22.2 Å². The molecule has 0 aromatic heterocycles. The molecule has 1 N–H and O–H groups in total. The molecule has 0 atom stereocenters. The molecule has 6 nitrogen and oxygen atoms in total. The molecule has 0 bridgehead atoms. The van der Waals surface area contributed by atoms with Gasteiger partial charge in [-0.3, -0.25) is 4.79 Å². The van der Waals surface area contributed by atoms with E-state index in [1.165, 1.54) is 0 Å². The van der Waals surface area contributed by atoms with Crippen LogP contribution in [0.25, 0.3) is 0 Å². The maximum Gasteiger partial charge on any atom is 0.271 e. The molecule has 0 radical (unpaired) electrons. The van der Waals surface area contributed by atoms with Gasteiger partial charge in [0.15, 0.2) is 11.5 Å². The molecule has 0 unspecified atom stereocenters. The number of carbonyl (C=O) groups is 1. The second-order valence-electron chi connectivity index (χ2n) is 5.77. The molecule has 0 spiro atoms. The molecular formula is C21H25BrN2O4. The van der Waals surface area contributed by atoms with Crippen LogP contribution in [-0.4, -0.2) is 31.9 Å². The van der Waals surface area contributed by atoms with Crippen molar-refractivity contribution in [3.8, 4) is 17.2 Å². The lowest BCUT2D eigenvalue weighted by molar-refractivity contribution is 0.0955. The molecule has 150 valence electrons. The summed E-state index contributed by atoms with van der Waals surface area (Å²) in [5.74, 6) is 1.71. The highest BCUT2D eigenvalue weighted by atomic mass is 79.9. The Bertz CT molecular complexity index is 807. The Labute approximate surface area is 174 Å². The fourth-order valence-electron chi connectivity index (χ4n) is 2.36. The predicted molar refractivity (Wildman–Crippen MR) is 114 cm³/mol. The van der Waals surface area contributed by atoms with E-state index in [1.54, 1.807) is 30.5 Å². The van der Waals surface area contributed by atoms with Crippen LogP contribution in [0.4, 0.5) is 0 Å². The van der Waals surface area contributed by atoms with E-state index in [4.69, 9.17) is 14.2 Å². The van der Waals surface area contributed by atoms with Gasteiger partial charge in [0.25, 0.3) is 5.91 Å². The van der Waals surface area contributed by atoms with Crippen molar-refractivity contribution >= 4 is 28.1 Å². The number of hydrogen-bond donors (Lipinski definition) is 1. The number of nitrogens with zero attached hydrogens (tertiary/aromatic N) is 1. The molecule has 1 amide bonds. The Morgan fingerprint density at radius 2 is 1.79 bits per heavy atom. The first-order valence-corrected chi connectivity index (χ1v) is 10.0. The van der Waals surface area contributed by atoms with Crippen molar-refractivity contribution in [3.63, 3.8) is 0 Å². The molecule has 0 saturated carbocycles. The molecule has 0 heterocycles. The summed E-state index contributed by atoms with van der Waals surface area (Å²) >= 11 is 3.49. The quantitative estimate of drug-likeness (QED) is 0.418. The molecule has 2 rings (SSSR count). The zero-order chi connectivity index (χ0) is 20.4. The summed E-state index contributed by atoms with van der Waals surface area (Å²) in [6.07, 6.45) is 2.49. The molecule has 0 saturated heterocycles. The number of hydrogen-bond acceptors (Lipinski definition) is 5. The Kier molecular flexibility index (Phi) is 8.81. The van der Waals surface area contributed by atoms with Crippen LogP contribution in [0.15, 0.2) is 46.0 Å². The number of halogens is 1.